The van der Waals surface area contributed by atoms with Gasteiger partial charge in [0.25, 0.3) is 0 Å². The predicted octanol–water partition coefficient (Wildman–Crippen LogP) is 5.04. The smallest absolute Gasteiger partial charge is 0.148 e. The van der Waals surface area contributed by atoms with Crippen molar-refractivity contribution >= 4 is 27.5 Å². The first-order valence-corrected chi connectivity index (χ1v) is 6.86. The summed E-state index contributed by atoms with van der Waals surface area (Å²) in [5, 5.41) is 10.1. The van der Waals surface area contributed by atoms with Crippen molar-refractivity contribution in [2.24, 2.45) is 0 Å². The van der Waals surface area contributed by atoms with E-state index in [1.54, 1.807) is 30.3 Å². The topological polar surface area (TPSA) is 33.0 Å². The number of alkyl halides is 1. The van der Waals surface area contributed by atoms with E-state index in [4.69, 9.17) is 21.6 Å². The third kappa shape index (κ3) is 3.06. The molecule has 0 saturated carbocycles. The highest BCUT2D eigenvalue weighted by atomic mass is 79.9. The number of benzene rings is 2. The molecule has 0 aliphatic rings. The summed E-state index contributed by atoms with van der Waals surface area (Å²) in [6.07, 6.45) is 0. The number of halogens is 3. The molecule has 0 N–H and O–H groups in total. The minimum Gasteiger partial charge on any atom is -0.456 e. The minimum absolute atomic E-state index is 0.113. The van der Waals surface area contributed by atoms with Crippen molar-refractivity contribution in [2.75, 3.05) is 0 Å². The molecular weight excluding hydrogens is 333 g/mol. The molecule has 2 aromatic rings. The molecule has 5 heteroatoms. The van der Waals surface area contributed by atoms with Crippen LogP contribution in [0.25, 0.3) is 0 Å². The van der Waals surface area contributed by atoms with Gasteiger partial charge in [0, 0.05) is 15.9 Å². The van der Waals surface area contributed by atoms with Crippen LogP contribution in [0.1, 0.15) is 11.1 Å². The Morgan fingerprint density at radius 1 is 1.26 bits per heavy atom. The summed E-state index contributed by atoms with van der Waals surface area (Å²) in [7, 11) is 0. The molecule has 0 amide bonds. The third-order valence-electron chi connectivity index (χ3n) is 2.47. The molecule has 2 aromatic carbocycles. The largest absolute Gasteiger partial charge is 0.456 e. The normalized spacial score (nSPS) is 10.0. The molecule has 2 nitrogen and oxygen atoms in total. The van der Waals surface area contributed by atoms with Crippen molar-refractivity contribution in [1.29, 1.82) is 5.26 Å². The van der Waals surface area contributed by atoms with Crippen LogP contribution in [0.4, 0.5) is 4.39 Å². The van der Waals surface area contributed by atoms with Crippen molar-refractivity contribution in [1.82, 2.24) is 0 Å². The number of rotatable bonds is 3. The molecule has 96 valence electrons. The fourth-order valence-electron chi connectivity index (χ4n) is 1.57. The first kappa shape index (κ1) is 13.9. The van der Waals surface area contributed by atoms with Crippen LogP contribution in [0.3, 0.4) is 0 Å². The van der Waals surface area contributed by atoms with Gasteiger partial charge in [-0.2, -0.15) is 5.26 Å². The van der Waals surface area contributed by atoms with Gasteiger partial charge in [-0.15, -0.1) is 0 Å². The molecule has 0 saturated heterocycles. The van der Waals surface area contributed by atoms with Crippen molar-refractivity contribution in [3.8, 4) is 17.6 Å². The molecule has 0 spiro atoms. The molecule has 0 aliphatic carbocycles. The van der Waals surface area contributed by atoms with Crippen LogP contribution < -0.4 is 4.74 Å². The van der Waals surface area contributed by atoms with Gasteiger partial charge in [-0.1, -0.05) is 33.6 Å². The Balaban J connectivity index is 2.42. The fourth-order valence-corrected chi connectivity index (χ4v) is 2.20. The molecule has 0 fully saturated rings. The second-order valence-corrected chi connectivity index (χ2v) is 4.71. The highest BCUT2D eigenvalue weighted by molar-refractivity contribution is 9.08. The second kappa shape index (κ2) is 6.05. The highest BCUT2D eigenvalue weighted by Crippen LogP contribution is 2.31. The van der Waals surface area contributed by atoms with E-state index in [9.17, 15) is 4.39 Å². The maximum Gasteiger partial charge on any atom is 0.148 e. The van der Waals surface area contributed by atoms with Gasteiger partial charge < -0.3 is 4.74 Å². The maximum atomic E-state index is 13.5. The number of nitrogens with zero attached hydrogens (tertiary/aromatic N) is 1. The summed E-state index contributed by atoms with van der Waals surface area (Å²) in [6, 6.07) is 11.2. The van der Waals surface area contributed by atoms with E-state index in [0.29, 0.717) is 16.1 Å². The molecule has 2 rings (SSSR count). The number of hydrogen-bond donors (Lipinski definition) is 0. The Morgan fingerprint density at radius 3 is 2.74 bits per heavy atom. The molecule has 0 bridgehead atoms. The first-order chi connectivity index (χ1) is 9.15. The van der Waals surface area contributed by atoms with Gasteiger partial charge in [0.15, 0.2) is 0 Å². The Bertz CT molecular complexity index is 654. The standard InChI is InChI=1S/C14H8BrClFNO/c15-7-9-6-10(16)4-5-13(9)19-14-3-1-2-12(17)11(14)8-18/h1-6H,7H2. The van der Waals surface area contributed by atoms with Gasteiger partial charge in [-0.25, -0.2) is 4.39 Å². The maximum absolute atomic E-state index is 13.5. The summed E-state index contributed by atoms with van der Waals surface area (Å²) in [4.78, 5) is 0. The molecule has 0 aliphatic heterocycles. The summed E-state index contributed by atoms with van der Waals surface area (Å²) >= 11 is 9.22. The van der Waals surface area contributed by atoms with Gasteiger partial charge >= 0.3 is 0 Å². The zero-order valence-corrected chi connectivity index (χ0v) is 12.0. The Hall–Kier alpha value is -1.57. The minimum atomic E-state index is -0.602. The average molecular weight is 341 g/mol. The molecule has 19 heavy (non-hydrogen) atoms. The summed E-state index contributed by atoms with van der Waals surface area (Å²) in [5.74, 6) is 0.116. The van der Waals surface area contributed by atoms with Crippen LogP contribution in [0, 0.1) is 17.1 Å². The van der Waals surface area contributed by atoms with Gasteiger partial charge in [0.2, 0.25) is 0 Å². The lowest BCUT2D eigenvalue weighted by atomic mass is 10.2. The molecular formula is C14H8BrClFNO. The van der Waals surface area contributed by atoms with Gasteiger partial charge in [-0.3, -0.25) is 0 Å². The van der Waals surface area contributed by atoms with Crippen LogP contribution in [-0.4, -0.2) is 0 Å². The second-order valence-electron chi connectivity index (χ2n) is 3.71. The van der Waals surface area contributed by atoms with Crippen molar-refractivity contribution in [3.63, 3.8) is 0 Å². The van der Waals surface area contributed by atoms with E-state index >= 15 is 0 Å². The van der Waals surface area contributed by atoms with Crippen LogP contribution >= 0.6 is 27.5 Å². The lowest BCUT2D eigenvalue weighted by molar-refractivity contribution is 0.470. The lowest BCUT2D eigenvalue weighted by Crippen LogP contribution is -1.94. The van der Waals surface area contributed by atoms with Gasteiger partial charge in [0.05, 0.1) is 0 Å². The van der Waals surface area contributed by atoms with Crippen molar-refractivity contribution < 1.29 is 9.13 Å². The number of nitriles is 1. The fraction of sp³-hybridized carbons (Fsp3) is 0.0714. The molecule has 0 atom stereocenters. The number of ether oxygens (including phenoxy) is 1. The summed E-state index contributed by atoms with van der Waals surface area (Å²) < 4.78 is 19.1. The van der Waals surface area contributed by atoms with E-state index < -0.39 is 5.82 Å². The summed E-state index contributed by atoms with van der Waals surface area (Å²) in [5.41, 5.74) is 0.707. The molecule has 0 aromatic heterocycles. The van der Waals surface area contributed by atoms with Crippen molar-refractivity contribution in [3.05, 3.63) is 58.4 Å². The Labute approximate surface area is 123 Å². The van der Waals surface area contributed by atoms with Crippen molar-refractivity contribution in [2.45, 2.75) is 5.33 Å². The van der Waals surface area contributed by atoms with E-state index in [-0.39, 0.29) is 11.3 Å². The van der Waals surface area contributed by atoms with Gasteiger partial charge in [0.1, 0.15) is 28.9 Å². The monoisotopic (exact) mass is 339 g/mol. The Kier molecular flexibility index (Phi) is 4.41. The van der Waals surface area contributed by atoms with Crippen LogP contribution in [0.5, 0.6) is 11.5 Å². The third-order valence-corrected chi connectivity index (χ3v) is 3.31. The lowest BCUT2D eigenvalue weighted by Gasteiger charge is -2.11. The highest BCUT2D eigenvalue weighted by Gasteiger charge is 2.12. The van der Waals surface area contributed by atoms with Crippen LogP contribution in [0.2, 0.25) is 5.02 Å². The van der Waals surface area contributed by atoms with E-state index in [1.165, 1.54) is 12.1 Å². The zero-order chi connectivity index (χ0) is 13.8. The van der Waals surface area contributed by atoms with E-state index in [0.717, 1.165) is 5.56 Å². The first-order valence-electron chi connectivity index (χ1n) is 5.36. The van der Waals surface area contributed by atoms with Crippen LogP contribution in [-0.2, 0) is 5.33 Å². The summed E-state index contributed by atoms with van der Waals surface area (Å²) in [6.45, 7) is 0. The predicted molar refractivity (Wildman–Crippen MR) is 75.3 cm³/mol. The van der Waals surface area contributed by atoms with Gasteiger partial charge in [-0.05, 0) is 30.3 Å². The van der Waals surface area contributed by atoms with Crippen LogP contribution in [0.15, 0.2) is 36.4 Å². The Morgan fingerprint density at radius 2 is 2.05 bits per heavy atom. The quantitative estimate of drug-likeness (QED) is 0.733. The van der Waals surface area contributed by atoms with E-state index in [2.05, 4.69) is 15.9 Å². The SMILES string of the molecule is N#Cc1c(F)cccc1Oc1ccc(Cl)cc1CBr. The molecule has 0 unspecified atom stereocenters. The molecule has 0 heterocycles. The zero-order valence-electron chi connectivity index (χ0n) is 9.66. The molecule has 0 radical (unpaired) electrons. The van der Waals surface area contributed by atoms with E-state index in [1.807, 2.05) is 0 Å². The average Bonchev–Trinajstić information content (AvgIpc) is 2.41. The number of hydrogen-bond acceptors (Lipinski definition) is 2.